The van der Waals surface area contributed by atoms with Crippen molar-refractivity contribution < 1.29 is 0 Å². The number of pyridine rings is 1. The van der Waals surface area contributed by atoms with Crippen LogP contribution < -0.4 is 5.73 Å². The highest BCUT2D eigenvalue weighted by atomic mass is 79.9. The zero-order valence-electron chi connectivity index (χ0n) is 6.44. The average Bonchev–Trinajstić information content (AvgIpc) is 2.53. The molecule has 0 fully saturated rings. The van der Waals surface area contributed by atoms with Gasteiger partial charge in [-0.25, -0.2) is 0 Å². The van der Waals surface area contributed by atoms with E-state index in [4.69, 9.17) is 5.73 Å². The van der Waals surface area contributed by atoms with E-state index in [0.717, 1.165) is 15.2 Å². The largest absolute Gasteiger partial charge is 0.374 e. The predicted molar refractivity (Wildman–Crippen MR) is 55.3 cm³/mol. The lowest BCUT2D eigenvalue weighted by Gasteiger charge is -1.92. The molecule has 4 nitrogen and oxygen atoms in total. The van der Waals surface area contributed by atoms with Gasteiger partial charge in [0.05, 0.1) is 0 Å². The summed E-state index contributed by atoms with van der Waals surface area (Å²) < 4.78 is 0.939. The van der Waals surface area contributed by atoms with Crippen molar-refractivity contribution in [2.45, 2.75) is 0 Å². The van der Waals surface area contributed by atoms with Crippen LogP contribution in [0.3, 0.4) is 0 Å². The highest BCUT2D eigenvalue weighted by Crippen LogP contribution is 2.23. The summed E-state index contributed by atoms with van der Waals surface area (Å²) in [5.74, 6) is 0. The maximum atomic E-state index is 5.45. The smallest absolute Gasteiger partial charge is 0.203 e. The Kier molecular flexibility index (Phi) is 2.24. The molecule has 2 rings (SSSR count). The number of nitrogens with two attached hydrogens (primary N) is 1. The molecule has 6 heteroatoms. The molecule has 0 saturated carbocycles. The lowest BCUT2D eigenvalue weighted by atomic mass is 10.4. The van der Waals surface area contributed by atoms with Crippen molar-refractivity contribution in [3.05, 3.63) is 22.8 Å². The molecule has 2 aromatic rings. The van der Waals surface area contributed by atoms with Crippen molar-refractivity contribution in [2.24, 2.45) is 0 Å². The fourth-order valence-corrected chi connectivity index (χ4v) is 1.66. The lowest BCUT2D eigenvalue weighted by Crippen LogP contribution is -1.82. The number of aromatic nitrogens is 3. The first-order valence-electron chi connectivity index (χ1n) is 3.46. The van der Waals surface area contributed by atoms with Crippen molar-refractivity contribution >= 4 is 32.4 Å². The van der Waals surface area contributed by atoms with Gasteiger partial charge in [0, 0.05) is 10.7 Å². The van der Waals surface area contributed by atoms with Gasteiger partial charge in [0.25, 0.3) is 0 Å². The van der Waals surface area contributed by atoms with Crippen LogP contribution in [0, 0.1) is 0 Å². The fourth-order valence-electron chi connectivity index (χ4n) is 0.840. The van der Waals surface area contributed by atoms with Gasteiger partial charge in [-0.1, -0.05) is 11.3 Å². The SMILES string of the molecule is Nc1nnc(-c2ccc(Br)cn2)s1. The van der Waals surface area contributed by atoms with E-state index in [1.807, 2.05) is 12.1 Å². The second kappa shape index (κ2) is 3.39. The van der Waals surface area contributed by atoms with Gasteiger partial charge < -0.3 is 5.73 Å². The number of hydrogen-bond donors (Lipinski definition) is 1. The minimum Gasteiger partial charge on any atom is -0.374 e. The summed E-state index contributed by atoms with van der Waals surface area (Å²) in [5, 5.41) is 8.79. The standard InChI is InChI=1S/C7H5BrN4S/c8-4-1-2-5(10-3-4)6-11-12-7(9)13-6/h1-3H,(H2,9,12). The van der Waals surface area contributed by atoms with E-state index >= 15 is 0 Å². The molecule has 0 aliphatic rings. The number of nitrogens with zero attached hydrogens (tertiary/aromatic N) is 3. The molecular formula is C7H5BrN4S. The van der Waals surface area contributed by atoms with Crippen LogP contribution in [0.15, 0.2) is 22.8 Å². The Labute approximate surface area is 87.0 Å². The number of hydrogen-bond acceptors (Lipinski definition) is 5. The van der Waals surface area contributed by atoms with E-state index in [0.29, 0.717) is 5.13 Å². The van der Waals surface area contributed by atoms with E-state index in [2.05, 4.69) is 31.1 Å². The van der Waals surface area contributed by atoms with Crippen molar-refractivity contribution in [2.75, 3.05) is 5.73 Å². The second-order valence-electron chi connectivity index (χ2n) is 2.31. The maximum Gasteiger partial charge on any atom is 0.203 e. The minimum atomic E-state index is 0.458. The third kappa shape index (κ3) is 1.84. The Balaban J connectivity index is 2.41. The summed E-state index contributed by atoms with van der Waals surface area (Å²) in [6.45, 7) is 0. The van der Waals surface area contributed by atoms with Gasteiger partial charge in [0.2, 0.25) is 5.13 Å². The Bertz CT molecular complexity index is 411. The van der Waals surface area contributed by atoms with Crippen LogP contribution in [0.4, 0.5) is 5.13 Å². The number of halogens is 1. The van der Waals surface area contributed by atoms with E-state index in [1.54, 1.807) is 6.20 Å². The maximum absolute atomic E-state index is 5.45. The molecule has 0 radical (unpaired) electrons. The van der Waals surface area contributed by atoms with Crippen LogP contribution in [0.5, 0.6) is 0 Å². The molecule has 66 valence electrons. The van der Waals surface area contributed by atoms with Gasteiger partial charge in [-0.15, -0.1) is 10.2 Å². The lowest BCUT2D eigenvalue weighted by molar-refractivity contribution is 1.09. The highest BCUT2D eigenvalue weighted by Gasteiger charge is 2.04. The molecule has 2 aromatic heterocycles. The van der Waals surface area contributed by atoms with Crippen molar-refractivity contribution in [1.29, 1.82) is 0 Å². The predicted octanol–water partition coefficient (Wildman–Crippen LogP) is 1.94. The molecular weight excluding hydrogens is 252 g/mol. The second-order valence-corrected chi connectivity index (χ2v) is 4.23. The van der Waals surface area contributed by atoms with Gasteiger partial charge in [-0.05, 0) is 28.1 Å². The Hall–Kier alpha value is -1.01. The molecule has 0 amide bonds. The third-order valence-electron chi connectivity index (χ3n) is 1.39. The van der Waals surface area contributed by atoms with E-state index in [-0.39, 0.29) is 0 Å². The van der Waals surface area contributed by atoms with Gasteiger partial charge >= 0.3 is 0 Å². The van der Waals surface area contributed by atoms with Crippen LogP contribution in [0.25, 0.3) is 10.7 Å². The third-order valence-corrected chi connectivity index (χ3v) is 2.63. The number of rotatable bonds is 1. The minimum absolute atomic E-state index is 0.458. The zero-order valence-corrected chi connectivity index (χ0v) is 8.84. The van der Waals surface area contributed by atoms with E-state index < -0.39 is 0 Å². The summed E-state index contributed by atoms with van der Waals surface area (Å²) >= 11 is 4.63. The molecule has 0 spiro atoms. The quantitative estimate of drug-likeness (QED) is 0.847. The zero-order chi connectivity index (χ0) is 9.26. The summed E-state index contributed by atoms with van der Waals surface area (Å²) in [6, 6.07) is 3.77. The van der Waals surface area contributed by atoms with Crippen molar-refractivity contribution in [3.8, 4) is 10.7 Å². The van der Waals surface area contributed by atoms with Gasteiger partial charge in [0.15, 0.2) is 5.01 Å². The molecule has 0 aromatic carbocycles. The molecule has 2 N–H and O–H groups in total. The van der Waals surface area contributed by atoms with Crippen molar-refractivity contribution in [3.63, 3.8) is 0 Å². The number of anilines is 1. The summed E-state index contributed by atoms with van der Waals surface area (Å²) in [5.41, 5.74) is 6.24. The first-order valence-corrected chi connectivity index (χ1v) is 5.07. The van der Waals surface area contributed by atoms with Crippen LogP contribution >= 0.6 is 27.3 Å². The summed E-state index contributed by atoms with van der Waals surface area (Å²) in [6.07, 6.45) is 1.72. The highest BCUT2D eigenvalue weighted by molar-refractivity contribution is 9.10. The molecule has 0 saturated heterocycles. The first kappa shape index (κ1) is 8.58. The first-order chi connectivity index (χ1) is 6.25. The topological polar surface area (TPSA) is 64.7 Å². The summed E-state index contributed by atoms with van der Waals surface area (Å²) in [7, 11) is 0. The van der Waals surface area contributed by atoms with Crippen LogP contribution in [0.1, 0.15) is 0 Å². The molecule has 2 heterocycles. The normalized spacial score (nSPS) is 10.2. The van der Waals surface area contributed by atoms with Crippen LogP contribution in [-0.2, 0) is 0 Å². The summed E-state index contributed by atoms with van der Waals surface area (Å²) in [4.78, 5) is 4.17. The molecule has 0 unspecified atom stereocenters. The monoisotopic (exact) mass is 256 g/mol. The van der Waals surface area contributed by atoms with Gasteiger partial charge in [0.1, 0.15) is 5.69 Å². The molecule has 0 atom stereocenters. The van der Waals surface area contributed by atoms with Crippen LogP contribution in [0.2, 0.25) is 0 Å². The average molecular weight is 257 g/mol. The molecule has 0 aliphatic carbocycles. The molecule has 0 bridgehead atoms. The van der Waals surface area contributed by atoms with Gasteiger partial charge in [-0.2, -0.15) is 0 Å². The fraction of sp³-hybridized carbons (Fsp3) is 0. The van der Waals surface area contributed by atoms with Crippen LogP contribution in [-0.4, -0.2) is 15.2 Å². The molecule has 13 heavy (non-hydrogen) atoms. The van der Waals surface area contributed by atoms with E-state index in [9.17, 15) is 0 Å². The number of nitrogen functional groups attached to an aromatic ring is 1. The van der Waals surface area contributed by atoms with Crippen molar-refractivity contribution in [1.82, 2.24) is 15.2 Å². The van der Waals surface area contributed by atoms with Gasteiger partial charge in [-0.3, -0.25) is 4.98 Å². The Morgan fingerprint density at radius 3 is 2.69 bits per heavy atom. The Morgan fingerprint density at radius 1 is 1.31 bits per heavy atom. The molecule has 0 aliphatic heterocycles. The Morgan fingerprint density at radius 2 is 2.15 bits per heavy atom. The van der Waals surface area contributed by atoms with E-state index in [1.165, 1.54) is 11.3 Å².